The molecule has 4 atom stereocenters. The lowest BCUT2D eigenvalue weighted by Gasteiger charge is -2.42. The molecule has 4 rings (SSSR count). The highest BCUT2D eigenvalue weighted by Gasteiger charge is 2.36. The van der Waals surface area contributed by atoms with Gasteiger partial charge in [0.15, 0.2) is 0 Å². The fraction of sp³-hybridized carbons (Fsp3) is 0.433. The van der Waals surface area contributed by atoms with Crippen LogP contribution < -0.4 is 9.47 Å². The van der Waals surface area contributed by atoms with E-state index in [1.807, 2.05) is 6.08 Å². The van der Waals surface area contributed by atoms with Crippen molar-refractivity contribution in [3.63, 3.8) is 0 Å². The smallest absolute Gasteiger partial charge is 0.343 e. The molecule has 4 heteroatoms. The van der Waals surface area contributed by atoms with E-state index >= 15 is 4.39 Å². The molecule has 2 aliphatic rings. The van der Waals surface area contributed by atoms with Crippen molar-refractivity contribution in [3.05, 3.63) is 84.7 Å². The van der Waals surface area contributed by atoms with Crippen LogP contribution in [0.5, 0.6) is 11.5 Å². The topological polar surface area (TPSA) is 35.5 Å². The van der Waals surface area contributed by atoms with Crippen LogP contribution in [0, 0.1) is 23.6 Å². The number of halogens is 1. The van der Waals surface area contributed by atoms with Crippen LogP contribution in [0.15, 0.2) is 67.8 Å². The normalized spacial score (nSPS) is 24.0. The van der Waals surface area contributed by atoms with Gasteiger partial charge in [-0.1, -0.05) is 31.2 Å². The Hall–Kier alpha value is -2.88. The molecular weight excluding hydrogens is 427 g/mol. The number of benzene rings is 2. The first kappa shape index (κ1) is 24.3. The summed E-state index contributed by atoms with van der Waals surface area (Å²) in [6, 6.07) is 11.6. The largest absolute Gasteiger partial charge is 0.490 e. The number of rotatable bonds is 9. The minimum atomic E-state index is -0.563. The molecule has 0 aromatic heterocycles. The summed E-state index contributed by atoms with van der Waals surface area (Å²) in [5.74, 6) is 2.73. The van der Waals surface area contributed by atoms with E-state index in [1.165, 1.54) is 38.2 Å². The van der Waals surface area contributed by atoms with Crippen LogP contribution in [-0.2, 0) is 0 Å². The van der Waals surface area contributed by atoms with Crippen LogP contribution in [0.3, 0.4) is 0 Å². The van der Waals surface area contributed by atoms with E-state index in [4.69, 9.17) is 9.47 Å². The molecule has 0 N–H and O–H groups in total. The fourth-order valence-electron chi connectivity index (χ4n) is 5.79. The second kappa shape index (κ2) is 11.5. The quantitative estimate of drug-likeness (QED) is 0.216. The third-order valence-corrected chi connectivity index (χ3v) is 7.58. The van der Waals surface area contributed by atoms with Crippen LogP contribution in [0.4, 0.5) is 4.39 Å². The summed E-state index contributed by atoms with van der Waals surface area (Å²) >= 11 is 0. The van der Waals surface area contributed by atoms with Crippen LogP contribution in [0.1, 0.15) is 73.2 Å². The summed E-state index contributed by atoms with van der Waals surface area (Å²) in [7, 11) is 0. The second-order valence-corrected chi connectivity index (χ2v) is 9.77. The van der Waals surface area contributed by atoms with Gasteiger partial charge in [0.25, 0.3) is 0 Å². The van der Waals surface area contributed by atoms with Gasteiger partial charge in [0.05, 0.1) is 5.56 Å². The third-order valence-electron chi connectivity index (χ3n) is 7.58. The van der Waals surface area contributed by atoms with Crippen LogP contribution >= 0.6 is 0 Å². The molecule has 0 spiro atoms. The molecule has 0 radical (unpaired) electrons. The molecule has 0 bridgehead atoms. The molecule has 3 nitrogen and oxygen atoms in total. The van der Waals surface area contributed by atoms with Crippen molar-refractivity contribution >= 4 is 5.97 Å². The van der Waals surface area contributed by atoms with Gasteiger partial charge in [0.2, 0.25) is 0 Å². The zero-order valence-corrected chi connectivity index (χ0v) is 19.9. The minimum Gasteiger partial charge on any atom is -0.490 e. The maximum atomic E-state index is 15.1. The van der Waals surface area contributed by atoms with Gasteiger partial charge in [-0.3, -0.25) is 0 Å². The summed E-state index contributed by atoms with van der Waals surface area (Å²) in [5, 5.41) is 0. The van der Waals surface area contributed by atoms with Crippen LogP contribution in [-0.4, -0.2) is 12.6 Å². The maximum Gasteiger partial charge on any atom is 0.343 e. The summed E-state index contributed by atoms with van der Waals surface area (Å²) in [5.41, 5.74) is 0.970. The van der Waals surface area contributed by atoms with Gasteiger partial charge in [-0.2, -0.15) is 0 Å². The molecule has 0 aliphatic heterocycles. The summed E-state index contributed by atoms with van der Waals surface area (Å²) in [6.45, 7) is 7.87. The lowest BCUT2D eigenvalue weighted by atomic mass is 9.63. The molecule has 0 saturated heterocycles. The van der Waals surface area contributed by atoms with Gasteiger partial charge in [-0.05, 0) is 111 Å². The van der Waals surface area contributed by atoms with Crippen molar-refractivity contribution < 1.29 is 18.7 Å². The van der Waals surface area contributed by atoms with Gasteiger partial charge in [-0.15, -0.1) is 6.58 Å². The average Bonchev–Trinajstić information content (AvgIpc) is 2.86. The Bertz CT molecular complexity index is 997. The van der Waals surface area contributed by atoms with E-state index < -0.39 is 5.97 Å². The first-order valence-electron chi connectivity index (χ1n) is 12.5. The van der Waals surface area contributed by atoms with Crippen molar-refractivity contribution in [2.75, 3.05) is 6.61 Å². The molecule has 0 amide bonds. The molecule has 2 saturated carbocycles. The number of hydrogen-bond donors (Lipinski definition) is 0. The number of carbonyl (C=O) groups excluding carboxylic acids is 1. The van der Waals surface area contributed by atoms with Gasteiger partial charge < -0.3 is 9.47 Å². The minimum absolute atomic E-state index is 0.227. The molecule has 2 aliphatic carbocycles. The molecule has 4 unspecified atom stereocenters. The van der Waals surface area contributed by atoms with Gasteiger partial charge in [-0.25, -0.2) is 9.18 Å². The second-order valence-electron chi connectivity index (χ2n) is 9.77. The lowest BCUT2D eigenvalue weighted by molar-refractivity contribution is 0.0734. The predicted octanol–water partition coefficient (Wildman–Crippen LogP) is 7.88. The Morgan fingerprint density at radius 3 is 2.41 bits per heavy atom. The van der Waals surface area contributed by atoms with E-state index in [0.717, 1.165) is 36.7 Å². The predicted molar refractivity (Wildman–Crippen MR) is 134 cm³/mol. The zero-order chi connectivity index (χ0) is 23.9. The molecular formula is C30H35FO3. The van der Waals surface area contributed by atoms with Gasteiger partial charge in [0, 0.05) is 0 Å². The summed E-state index contributed by atoms with van der Waals surface area (Å²) in [6.07, 6.45) is 13.2. The van der Waals surface area contributed by atoms with Crippen molar-refractivity contribution in [1.82, 2.24) is 0 Å². The Kier molecular flexibility index (Phi) is 8.21. The van der Waals surface area contributed by atoms with E-state index in [9.17, 15) is 4.79 Å². The molecule has 2 aromatic carbocycles. The highest BCUT2D eigenvalue weighted by Crippen LogP contribution is 2.48. The molecule has 34 heavy (non-hydrogen) atoms. The highest BCUT2D eigenvalue weighted by molar-refractivity contribution is 5.91. The van der Waals surface area contributed by atoms with E-state index in [1.54, 1.807) is 42.5 Å². The van der Waals surface area contributed by atoms with Crippen molar-refractivity contribution in [2.24, 2.45) is 17.8 Å². The molecule has 180 valence electrons. The molecule has 2 aromatic rings. The number of esters is 1. The van der Waals surface area contributed by atoms with Gasteiger partial charge in [0.1, 0.15) is 23.9 Å². The van der Waals surface area contributed by atoms with Crippen LogP contribution in [0.2, 0.25) is 0 Å². The van der Waals surface area contributed by atoms with Gasteiger partial charge >= 0.3 is 5.97 Å². The molecule has 0 heterocycles. The Morgan fingerprint density at radius 2 is 1.68 bits per heavy atom. The van der Waals surface area contributed by atoms with Crippen molar-refractivity contribution in [1.29, 1.82) is 0 Å². The Labute approximate surface area is 202 Å². The number of fused-ring (bicyclic) bond motifs is 1. The standard InChI is InChI=1S/C30H35FO3/c1-3-5-6-21-7-8-23-19-24(10-9-22(23)18-21)28-16-11-25(20-29(28)31)30(32)34-27-14-12-26(13-15-27)33-17-4-2/h3-4,11-16,20-24H,1-2,5-10,17-19H2. The number of carbonyl (C=O) groups is 1. The summed E-state index contributed by atoms with van der Waals surface area (Å²) in [4.78, 5) is 12.6. The Balaban J connectivity index is 1.34. The maximum absolute atomic E-state index is 15.1. The highest BCUT2D eigenvalue weighted by atomic mass is 19.1. The van der Waals surface area contributed by atoms with E-state index in [2.05, 4.69) is 13.2 Å². The van der Waals surface area contributed by atoms with Crippen molar-refractivity contribution in [2.45, 2.75) is 57.3 Å². The van der Waals surface area contributed by atoms with E-state index in [-0.39, 0.29) is 17.3 Å². The SMILES string of the molecule is C=CCCC1CCC2CC(c3ccc(C(=O)Oc4ccc(OCC=C)cc4)cc3F)CCC2C1. The monoisotopic (exact) mass is 462 g/mol. The first-order chi connectivity index (χ1) is 16.6. The zero-order valence-electron chi connectivity index (χ0n) is 19.9. The third kappa shape index (κ3) is 5.97. The number of hydrogen-bond acceptors (Lipinski definition) is 3. The summed E-state index contributed by atoms with van der Waals surface area (Å²) < 4.78 is 25.9. The Morgan fingerprint density at radius 1 is 0.941 bits per heavy atom. The lowest BCUT2D eigenvalue weighted by Crippen LogP contribution is -2.30. The fourth-order valence-corrected chi connectivity index (χ4v) is 5.79. The number of allylic oxidation sites excluding steroid dienone is 1. The molecule has 2 fully saturated rings. The average molecular weight is 463 g/mol. The van der Waals surface area contributed by atoms with Crippen LogP contribution in [0.25, 0.3) is 0 Å². The number of ether oxygens (including phenoxy) is 2. The van der Waals surface area contributed by atoms with Crippen molar-refractivity contribution in [3.8, 4) is 11.5 Å². The van der Waals surface area contributed by atoms with E-state index in [0.29, 0.717) is 24.0 Å². The first-order valence-corrected chi connectivity index (χ1v) is 12.5.